The SMILES string of the molecule is CO[C@H]1C[C@@H](C(=O)NCc2ccnc(N(C)C)c2)N(C)C1. The fourth-order valence-electron chi connectivity index (χ4n) is 2.55. The Labute approximate surface area is 126 Å². The maximum absolute atomic E-state index is 12.3. The second kappa shape index (κ2) is 6.87. The van der Waals surface area contributed by atoms with E-state index in [-0.39, 0.29) is 18.1 Å². The number of carbonyl (C=O) groups excluding carboxylic acids is 1. The average molecular weight is 292 g/mol. The lowest BCUT2D eigenvalue weighted by molar-refractivity contribution is -0.125. The van der Waals surface area contributed by atoms with Crippen molar-refractivity contribution in [2.75, 3.05) is 39.7 Å². The molecule has 0 radical (unpaired) electrons. The van der Waals surface area contributed by atoms with E-state index >= 15 is 0 Å². The number of amides is 1. The molecule has 1 saturated heterocycles. The number of pyridine rings is 1. The van der Waals surface area contributed by atoms with Gasteiger partial charge < -0.3 is 15.0 Å². The topological polar surface area (TPSA) is 57.7 Å². The zero-order valence-electron chi connectivity index (χ0n) is 13.2. The van der Waals surface area contributed by atoms with Crippen LogP contribution in [0.25, 0.3) is 0 Å². The number of nitrogens with zero attached hydrogens (tertiary/aromatic N) is 3. The average Bonchev–Trinajstić information content (AvgIpc) is 2.86. The van der Waals surface area contributed by atoms with Gasteiger partial charge in [0.25, 0.3) is 0 Å². The summed E-state index contributed by atoms with van der Waals surface area (Å²) < 4.78 is 5.33. The molecule has 2 rings (SSSR count). The molecule has 0 spiro atoms. The molecule has 1 aliphatic heterocycles. The molecular weight excluding hydrogens is 268 g/mol. The van der Waals surface area contributed by atoms with Gasteiger partial charge in [0.2, 0.25) is 5.91 Å². The first-order chi connectivity index (χ1) is 10.0. The Balaban J connectivity index is 1.91. The number of likely N-dealkylation sites (N-methyl/N-ethyl adjacent to an activating group) is 1. The van der Waals surface area contributed by atoms with Crippen LogP contribution in [-0.2, 0) is 16.1 Å². The van der Waals surface area contributed by atoms with Crippen molar-refractivity contribution in [3.63, 3.8) is 0 Å². The fraction of sp³-hybridized carbons (Fsp3) is 0.600. The van der Waals surface area contributed by atoms with Gasteiger partial charge in [0.15, 0.2) is 0 Å². The lowest BCUT2D eigenvalue weighted by Crippen LogP contribution is -2.41. The van der Waals surface area contributed by atoms with Crippen molar-refractivity contribution >= 4 is 11.7 Å². The van der Waals surface area contributed by atoms with Crippen molar-refractivity contribution in [1.82, 2.24) is 15.2 Å². The molecular formula is C15H24N4O2. The van der Waals surface area contributed by atoms with Crippen LogP contribution in [0.2, 0.25) is 0 Å². The number of aromatic nitrogens is 1. The molecule has 0 saturated carbocycles. The van der Waals surface area contributed by atoms with Crippen molar-refractivity contribution < 1.29 is 9.53 Å². The van der Waals surface area contributed by atoms with E-state index < -0.39 is 0 Å². The van der Waals surface area contributed by atoms with Gasteiger partial charge in [-0.05, 0) is 31.2 Å². The predicted octanol–water partition coefficient (Wildman–Crippen LogP) is 0.483. The van der Waals surface area contributed by atoms with Gasteiger partial charge in [0.1, 0.15) is 5.82 Å². The third-order valence-electron chi connectivity index (χ3n) is 3.88. The van der Waals surface area contributed by atoms with Crippen molar-refractivity contribution in [3.05, 3.63) is 23.9 Å². The van der Waals surface area contributed by atoms with Crippen LogP contribution in [0, 0.1) is 0 Å². The van der Waals surface area contributed by atoms with E-state index in [9.17, 15) is 4.79 Å². The van der Waals surface area contributed by atoms with Crippen LogP contribution in [0.5, 0.6) is 0 Å². The quantitative estimate of drug-likeness (QED) is 0.855. The lowest BCUT2D eigenvalue weighted by atomic mass is 10.1. The van der Waals surface area contributed by atoms with Crippen LogP contribution in [0.4, 0.5) is 5.82 Å². The lowest BCUT2D eigenvalue weighted by Gasteiger charge is -2.18. The minimum absolute atomic E-state index is 0.0558. The molecule has 6 nitrogen and oxygen atoms in total. The van der Waals surface area contributed by atoms with E-state index in [1.807, 2.05) is 43.1 Å². The summed E-state index contributed by atoms with van der Waals surface area (Å²) >= 11 is 0. The highest BCUT2D eigenvalue weighted by atomic mass is 16.5. The van der Waals surface area contributed by atoms with E-state index in [4.69, 9.17) is 4.74 Å². The second-order valence-corrected chi connectivity index (χ2v) is 5.68. The molecule has 1 aromatic rings. The van der Waals surface area contributed by atoms with Crippen LogP contribution in [0.3, 0.4) is 0 Å². The Bertz CT molecular complexity index is 492. The zero-order valence-corrected chi connectivity index (χ0v) is 13.2. The van der Waals surface area contributed by atoms with Crippen molar-refractivity contribution in [2.45, 2.75) is 25.1 Å². The Hall–Kier alpha value is -1.66. The van der Waals surface area contributed by atoms with E-state index in [2.05, 4.69) is 10.3 Å². The largest absolute Gasteiger partial charge is 0.380 e. The summed E-state index contributed by atoms with van der Waals surface area (Å²) in [5.74, 6) is 0.944. The summed E-state index contributed by atoms with van der Waals surface area (Å²) in [5.41, 5.74) is 1.05. The second-order valence-electron chi connectivity index (χ2n) is 5.68. The summed E-state index contributed by atoms with van der Waals surface area (Å²) in [4.78, 5) is 20.5. The predicted molar refractivity (Wildman–Crippen MR) is 82.2 cm³/mol. The van der Waals surface area contributed by atoms with E-state index in [0.29, 0.717) is 6.54 Å². The van der Waals surface area contributed by atoms with Gasteiger partial charge in [-0.25, -0.2) is 4.98 Å². The molecule has 1 fully saturated rings. The van der Waals surface area contributed by atoms with Gasteiger partial charge >= 0.3 is 0 Å². The van der Waals surface area contributed by atoms with Crippen molar-refractivity contribution in [2.24, 2.45) is 0 Å². The number of hydrogen-bond donors (Lipinski definition) is 1. The molecule has 2 heterocycles. The Morgan fingerprint density at radius 2 is 2.33 bits per heavy atom. The molecule has 1 amide bonds. The van der Waals surface area contributed by atoms with E-state index in [1.54, 1.807) is 13.3 Å². The maximum atomic E-state index is 12.3. The van der Waals surface area contributed by atoms with Crippen LogP contribution >= 0.6 is 0 Å². The molecule has 0 aliphatic carbocycles. The zero-order chi connectivity index (χ0) is 15.4. The van der Waals surface area contributed by atoms with Gasteiger partial charge in [0, 0.05) is 40.5 Å². The first-order valence-corrected chi connectivity index (χ1v) is 7.14. The standard InChI is InChI=1S/C15H24N4O2/c1-18(2)14-7-11(5-6-16-14)9-17-15(20)13-8-12(21-4)10-19(13)3/h5-7,12-13H,8-10H2,1-4H3,(H,17,20)/t12-,13-/m0/s1. The number of anilines is 1. The highest BCUT2D eigenvalue weighted by Crippen LogP contribution is 2.18. The smallest absolute Gasteiger partial charge is 0.237 e. The highest BCUT2D eigenvalue weighted by molar-refractivity contribution is 5.82. The number of methoxy groups -OCH3 is 1. The minimum Gasteiger partial charge on any atom is -0.380 e. The number of likely N-dealkylation sites (tertiary alicyclic amines) is 1. The molecule has 21 heavy (non-hydrogen) atoms. The van der Waals surface area contributed by atoms with Gasteiger partial charge in [-0.3, -0.25) is 9.69 Å². The van der Waals surface area contributed by atoms with Gasteiger partial charge in [-0.2, -0.15) is 0 Å². The van der Waals surface area contributed by atoms with Gasteiger partial charge in [0.05, 0.1) is 12.1 Å². The number of hydrogen-bond acceptors (Lipinski definition) is 5. The van der Waals surface area contributed by atoms with E-state index in [1.165, 1.54) is 0 Å². The Morgan fingerprint density at radius 3 is 2.95 bits per heavy atom. The van der Waals surface area contributed by atoms with Gasteiger partial charge in [-0.15, -0.1) is 0 Å². The number of nitrogens with one attached hydrogen (secondary N) is 1. The molecule has 2 atom stereocenters. The molecule has 116 valence electrons. The minimum atomic E-state index is -0.106. The van der Waals surface area contributed by atoms with Crippen molar-refractivity contribution in [1.29, 1.82) is 0 Å². The van der Waals surface area contributed by atoms with Crippen LogP contribution < -0.4 is 10.2 Å². The van der Waals surface area contributed by atoms with Crippen LogP contribution in [0.15, 0.2) is 18.3 Å². The molecule has 1 aromatic heterocycles. The summed E-state index contributed by atoms with van der Waals surface area (Å²) in [7, 11) is 7.55. The molecule has 1 N–H and O–H groups in total. The van der Waals surface area contributed by atoms with E-state index in [0.717, 1.165) is 24.3 Å². The molecule has 6 heteroatoms. The fourth-order valence-corrected chi connectivity index (χ4v) is 2.55. The first-order valence-electron chi connectivity index (χ1n) is 7.14. The molecule has 0 unspecified atom stereocenters. The summed E-state index contributed by atoms with van der Waals surface area (Å²) in [5, 5.41) is 3.00. The van der Waals surface area contributed by atoms with Crippen LogP contribution in [0.1, 0.15) is 12.0 Å². The first kappa shape index (κ1) is 15.7. The van der Waals surface area contributed by atoms with Crippen LogP contribution in [-0.4, -0.2) is 62.7 Å². The molecule has 0 bridgehead atoms. The summed E-state index contributed by atoms with van der Waals surface area (Å²) in [6.45, 7) is 1.32. The number of rotatable bonds is 5. The number of carbonyl (C=O) groups is 1. The Kier molecular flexibility index (Phi) is 5.14. The Morgan fingerprint density at radius 1 is 1.57 bits per heavy atom. The normalized spacial score (nSPS) is 22.3. The van der Waals surface area contributed by atoms with Gasteiger partial charge in [-0.1, -0.05) is 0 Å². The third kappa shape index (κ3) is 3.92. The number of ether oxygens (including phenoxy) is 1. The molecule has 0 aromatic carbocycles. The van der Waals surface area contributed by atoms with Crippen molar-refractivity contribution in [3.8, 4) is 0 Å². The summed E-state index contributed by atoms with van der Waals surface area (Å²) in [6.07, 6.45) is 2.66. The molecule has 1 aliphatic rings. The monoisotopic (exact) mass is 292 g/mol. The third-order valence-corrected chi connectivity index (χ3v) is 3.88. The highest BCUT2D eigenvalue weighted by Gasteiger charge is 2.34. The maximum Gasteiger partial charge on any atom is 0.237 e. The summed E-state index contributed by atoms with van der Waals surface area (Å²) in [6, 6.07) is 3.80.